The predicted molar refractivity (Wildman–Crippen MR) is 95.4 cm³/mol. The molecule has 0 aromatic heterocycles. The molecule has 0 aliphatic carbocycles. The zero-order valence-electron chi connectivity index (χ0n) is 12.4. The van der Waals surface area contributed by atoms with E-state index in [1.54, 1.807) is 37.4 Å². The SMILES string of the molecule is COCc1ccc(C(=O)NNC(=S)Nc2cccc(Cl)c2)cc1. The first kappa shape index (κ1) is 17.2. The molecule has 0 saturated heterocycles. The molecule has 0 spiro atoms. The van der Waals surface area contributed by atoms with Gasteiger partial charge in [-0.15, -0.1) is 0 Å². The first-order valence-corrected chi connectivity index (χ1v) is 7.58. The Hall–Kier alpha value is -2.15. The van der Waals surface area contributed by atoms with Gasteiger partial charge < -0.3 is 10.1 Å². The second-order valence-electron chi connectivity index (χ2n) is 4.67. The molecule has 0 unspecified atom stereocenters. The van der Waals surface area contributed by atoms with Crippen molar-refractivity contribution in [1.29, 1.82) is 0 Å². The van der Waals surface area contributed by atoms with E-state index in [4.69, 9.17) is 28.6 Å². The highest BCUT2D eigenvalue weighted by molar-refractivity contribution is 7.80. The van der Waals surface area contributed by atoms with Crippen molar-refractivity contribution in [3.63, 3.8) is 0 Å². The van der Waals surface area contributed by atoms with Crippen molar-refractivity contribution in [3.8, 4) is 0 Å². The lowest BCUT2D eigenvalue weighted by molar-refractivity contribution is 0.0944. The molecule has 2 rings (SSSR count). The minimum absolute atomic E-state index is 0.261. The number of hydrazine groups is 1. The third kappa shape index (κ3) is 5.52. The van der Waals surface area contributed by atoms with Gasteiger partial charge in [-0.2, -0.15) is 0 Å². The molecule has 0 saturated carbocycles. The number of carbonyl (C=O) groups excluding carboxylic acids is 1. The quantitative estimate of drug-likeness (QED) is 0.584. The van der Waals surface area contributed by atoms with E-state index in [1.165, 1.54) is 0 Å². The number of thiocarbonyl (C=S) groups is 1. The minimum atomic E-state index is -0.288. The van der Waals surface area contributed by atoms with Gasteiger partial charge in [-0.25, -0.2) is 0 Å². The standard InChI is InChI=1S/C16H16ClN3O2S/c1-22-10-11-5-7-12(8-6-11)15(21)19-20-16(23)18-14-4-2-3-13(17)9-14/h2-9H,10H2,1H3,(H,19,21)(H2,18,20,23). The monoisotopic (exact) mass is 349 g/mol. The Bertz CT molecular complexity index is 692. The van der Waals surface area contributed by atoms with Crippen molar-refractivity contribution in [1.82, 2.24) is 10.9 Å². The third-order valence-electron chi connectivity index (χ3n) is 2.90. The Morgan fingerprint density at radius 1 is 1.17 bits per heavy atom. The van der Waals surface area contributed by atoms with E-state index >= 15 is 0 Å². The van der Waals surface area contributed by atoms with Gasteiger partial charge in [-0.05, 0) is 48.1 Å². The number of anilines is 1. The van der Waals surface area contributed by atoms with E-state index < -0.39 is 0 Å². The Morgan fingerprint density at radius 3 is 2.57 bits per heavy atom. The Balaban J connectivity index is 1.84. The maximum absolute atomic E-state index is 12.0. The molecule has 2 aromatic carbocycles. The van der Waals surface area contributed by atoms with E-state index in [9.17, 15) is 4.79 Å². The normalized spacial score (nSPS) is 10.0. The van der Waals surface area contributed by atoms with Gasteiger partial charge in [0, 0.05) is 23.4 Å². The highest BCUT2D eigenvalue weighted by atomic mass is 35.5. The number of carbonyl (C=O) groups is 1. The summed E-state index contributed by atoms with van der Waals surface area (Å²) in [5.41, 5.74) is 7.41. The summed E-state index contributed by atoms with van der Waals surface area (Å²) in [5.74, 6) is -0.288. The molecule has 0 aliphatic heterocycles. The van der Waals surface area contributed by atoms with Crippen molar-refractivity contribution < 1.29 is 9.53 Å². The first-order valence-electron chi connectivity index (χ1n) is 6.79. The van der Waals surface area contributed by atoms with E-state index in [0.29, 0.717) is 17.2 Å². The highest BCUT2D eigenvalue weighted by Gasteiger charge is 2.06. The van der Waals surface area contributed by atoms with E-state index in [-0.39, 0.29) is 11.0 Å². The molecular formula is C16H16ClN3O2S. The van der Waals surface area contributed by atoms with E-state index in [2.05, 4.69) is 16.2 Å². The summed E-state index contributed by atoms with van der Waals surface area (Å²) in [6.07, 6.45) is 0. The number of benzene rings is 2. The molecule has 120 valence electrons. The van der Waals surface area contributed by atoms with Crippen molar-refractivity contribution in [3.05, 3.63) is 64.7 Å². The first-order chi connectivity index (χ1) is 11.1. The number of hydrogen-bond acceptors (Lipinski definition) is 3. The fraction of sp³-hybridized carbons (Fsp3) is 0.125. The van der Waals surface area contributed by atoms with E-state index in [0.717, 1.165) is 11.3 Å². The zero-order chi connectivity index (χ0) is 16.7. The van der Waals surface area contributed by atoms with Crippen LogP contribution in [-0.2, 0) is 11.3 Å². The lowest BCUT2D eigenvalue weighted by Crippen LogP contribution is -2.43. The Labute approximate surface area is 145 Å². The number of nitrogens with one attached hydrogen (secondary N) is 3. The molecule has 0 bridgehead atoms. The summed E-state index contributed by atoms with van der Waals surface area (Å²) in [7, 11) is 1.62. The number of ether oxygens (including phenoxy) is 1. The molecule has 0 radical (unpaired) electrons. The molecule has 2 aromatic rings. The van der Waals surface area contributed by atoms with Gasteiger partial charge >= 0.3 is 0 Å². The van der Waals surface area contributed by atoms with E-state index in [1.807, 2.05) is 18.2 Å². The number of halogens is 1. The summed E-state index contributed by atoms with van der Waals surface area (Å²) in [4.78, 5) is 12.0. The van der Waals surface area contributed by atoms with Crippen LogP contribution in [0.15, 0.2) is 48.5 Å². The smallest absolute Gasteiger partial charge is 0.269 e. The van der Waals surface area contributed by atoms with Crippen LogP contribution in [0.4, 0.5) is 5.69 Å². The molecule has 0 heterocycles. The van der Waals surface area contributed by atoms with Gasteiger partial charge in [0.05, 0.1) is 6.61 Å². The number of rotatable bonds is 4. The van der Waals surface area contributed by atoms with Crippen LogP contribution >= 0.6 is 23.8 Å². The van der Waals surface area contributed by atoms with Crippen LogP contribution in [0, 0.1) is 0 Å². The lowest BCUT2D eigenvalue weighted by atomic mass is 10.1. The highest BCUT2D eigenvalue weighted by Crippen LogP contribution is 2.14. The second kappa shape index (κ2) is 8.47. The zero-order valence-corrected chi connectivity index (χ0v) is 14.0. The fourth-order valence-electron chi connectivity index (χ4n) is 1.83. The average molecular weight is 350 g/mol. The number of hydrogen-bond donors (Lipinski definition) is 3. The Kier molecular flexibility index (Phi) is 6.34. The van der Waals surface area contributed by atoms with Gasteiger partial charge in [-0.3, -0.25) is 15.6 Å². The van der Waals surface area contributed by atoms with Crippen LogP contribution in [-0.4, -0.2) is 18.1 Å². The van der Waals surface area contributed by atoms with Crippen LogP contribution in [0.25, 0.3) is 0 Å². The van der Waals surface area contributed by atoms with Crippen LogP contribution in [0.3, 0.4) is 0 Å². The molecule has 0 fully saturated rings. The molecule has 1 amide bonds. The van der Waals surface area contributed by atoms with Gasteiger partial charge in [0.1, 0.15) is 0 Å². The van der Waals surface area contributed by atoms with Crippen LogP contribution < -0.4 is 16.2 Å². The molecule has 7 heteroatoms. The summed E-state index contributed by atoms with van der Waals surface area (Å²) >= 11 is 11.0. The number of methoxy groups -OCH3 is 1. The van der Waals surface area contributed by atoms with Gasteiger partial charge in [0.2, 0.25) is 0 Å². The van der Waals surface area contributed by atoms with Crippen LogP contribution in [0.2, 0.25) is 5.02 Å². The summed E-state index contributed by atoms with van der Waals surface area (Å²) in [6.45, 7) is 0.508. The van der Waals surface area contributed by atoms with Gasteiger partial charge in [-0.1, -0.05) is 29.8 Å². The minimum Gasteiger partial charge on any atom is -0.380 e. The third-order valence-corrected chi connectivity index (χ3v) is 3.34. The van der Waals surface area contributed by atoms with Gasteiger partial charge in [0.15, 0.2) is 5.11 Å². The fourth-order valence-corrected chi connectivity index (χ4v) is 2.19. The molecule has 3 N–H and O–H groups in total. The molecule has 0 aliphatic rings. The van der Waals surface area contributed by atoms with Crippen molar-refractivity contribution >= 4 is 40.5 Å². The van der Waals surface area contributed by atoms with Crippen LogP contribution in [0.1, 0.15) is 15.9 Å². The molecular weight excluding hydrogens is 334 g/mol. The predicted octanol–water partition coefficient (Wildman–Crippen LogP) is 3.12. The molecule has 23 heavy (non-hydrogen) atoms. The number of amides is 1. The summed E-state index contributed by atoms with van der Waals surface area (Å²) in [5, 5.41) is 3.78. The van der Waals surface area contributed by atoms with Crippen molar-refractivity contribution in [2.24, 2.45) is 0 Å². The van der Waals surface area contributed by atoms with Gasteiger partial charge in [0.25, 0.3) is 5.91 Å². The molecule has 5 nitrogen and oxygen atoms in total. The average Bonchev–Trinajstić information content (AvgIpc) is 2.54. The lowest BCUT2D eigenvalue weighted by Gasteiger charge is -2.12. The van der Waals surface area contributed by atoms with Crippen molar-refractivity contribution in [2.45, 2.75) is 6.61 Å². The maximum Gasteiger partial charge on any atom is 0.269 e. The topological polar surface area (TPSA) is 62.4 Å². The largest absolute Gasteiger partial charge is 0.380 e. The summed E-state index contributed by atoms with van der Waals surface area (Å²) < 4.78 is 5.02. The second-order valence-corrected chi connectivity index (χ2v) is 5.52. The molecule has 0 atom stereocenters. The summed E-state index contributed by atoms with van der Waals surface area (Å²) in [6, 6.07) is 14.2. The van der Waals surface area contributed by atoms with Crippen LogP contribution in [0.5, 0.6) is 0 Å². The Morgan fingerprint density at radius 2 is 1.91 bits per heavy atom. The van der Waals surface area contributed by atoms with Crippen molar-refractivity contribution in [2.75, 3.05) is 12.4 Å². The maximum atomic E-state index is 12.0.